The van der Waals surface area contributed by atoms with Crippen LogP contribution < -0.4 is 31.2 Å². The van der Waals surface area contributed by atoms with E-state index < -0.39 is 60.8 Å². The Labute approximate surface area is 525 Å². The molecule has 0 saturated carbocycles. The van der Waals surface area contributed by atoms with Gasteiger partial charge >= 0.3 is 7.60 Å². The number of aryl methyl sites for hydroxylation is 2. The molecule has 2 saturated heterocycles. The van der Waals surface area contributed by atoms with E-state index in [1.54, 1.807) is 41.4 Å². The Hall–Kier alpha value is -8.20. The third-order valence-corrected chi connectivity index (χ3v) is 16.4. The number of nitrogens with one attached hydrogen (secondary N) is 4. The number of carbonyl (C=O) groups excluding carboxylic acids is 8. The molecule has 2 fully saturated rings. The highest BCUT2D eigenvalue weighted by molar-refractivity contribution is 7.70. The van der Waals surface area contributed by atoms with Gasteiger partial charge in [-0.05, 0) is 124 Å². The van der Waals surface area contributed by atoms with E-state index in [0.29, 0.717) is 79.7 Å². The van der Waals surface area contributed by atoms with E-state index in [-0.39, 0.29) is 74.1 Å². The summed E-state index contributed by atoms with van der Waals surface area (Å²) in [7, 11) is -3.04. The van der Waals surface area contributed by atoms with Crippen LogP contribution >= 0.6 is 18.9 Å². The number of hydrogen-bond donors (Lipinski definition) is 8. The fourth-order valence-electron chi connectivity index (χ4n) is 10.1. The minimum atomic E-state index is -5.00. The van der Waals surface area contributed by atoms with Gasteiger partial charge in [0.15, 0.2) is 11.6 Å². The number of aliphatic hydroxyl groups is 1. The van der Waals surface area contributed by atoms with Gasteiger partial charge in [-0.3, -0.25) is 38.1 Å². The molecular formula is C62H82FN10O15PS. The summed E-state index contributed by atoms with van der Waals surface area (Å²) in [6.45, 7) is 13.8. The molecule has 2 aliphatic rings. The number of benzene rings is 3. The summed E-state index contributed by atoms with van der Waals surface area (Å²) in [5, 5.41) is 22.0. The third kappa shape index (κ3) is 22.4. The molecule has 8 rings (SSSR count). The van der Waals surface area contributed by atoms with E-state index in [2.05, 4.69) is 55.3 Å². The van der Waals surface area contributed by atoms with Crippen LogP contribution in [0.1, 0.15) is 117 Å². The predicted molar refractivity (Wildman–Crippen MR) is 335 cm³/mol. The third-order valence-electron chi connectivity index (χ3n) is 14.7. The van der Waals surface area contributed by atoms with Gasteiger partial charge in [-0.2, -0.15) is 0 Å². The summed E-state index contributed by atoms with van der Waals surface area (Å²) in [6, 6.07) is 17.8. The van der Waals surface area contributed by atoms with Crippen LogP contribution in [0.15, 0.2) is 89.1 Å². The highest BCUT2D eigenvalue weighted by atomic mass is 32.1. The smallest absolute Gasteiger partial charge is 0.396 e. The number of aromatic nitrogens is 3. The van der Waals surface area contributed by atoms with Crippen LogP contribution in [0.3, 0.4) is 0 Å². The number of H-pyrrole nitrogens is 1. The second kappa shape index (κ2) is 35.9. The van der Waals surface area contributed by atoms with Crippen molar-refractivity contribution in [3.63, 3.8) is 0 Å². The maximum Gasteiger partial charge on any atom is 0.396 e. The lowest BCUT2D eigenvalue weighted by atomic mass is 10.1. The normalized spacial score (nSPS) is 15.9. The van der Waals surface area contributed by atoms with Crippen LogP contribution in [0.2, 0.25) is 0 Å². The Morgan fingerprint density at radius 3 is 2.37 bits per heavy atom. The van der Waals surface area contributed by atoms with Gasteiger partial charge < -0.3 is 75.1 Å². The lowest BCUT2D eigenvalue weighted by Gasteiger charge is -2.30. The summed E-state index contributed by atoms with van der Waals surface area (Å²) in [6.07, 6.45) is 4.98. The van der Waals surface area contributed by atoms with E-state index in [4.69, 9.17) is 24.5 Å². The molecule has 25 nitrogen and oxygen atoms in total. The number of ether oxygens (including phenoxy) is 2. The molecule has 90 heavy (non-hydrogen) atoms. The van der Waals surface area contributed by atoms with Gasteiger partial charge in [0, 0.05) is 87.1 Å². The van der Waals surface area contributed by atoms with Crippen molar-refractivity contribution in [2.45, 2.75) is 129 Å². The van der Waals surface area contributed by atoms with Gasteiger partial charge in [-0.25, -0.2) is 9.37 Å². The number of nitrogens with two attached hydrogens (primary N) is 1. The topological polar surface area (TPSA) is 359 Å². The summed E-state index contributed by atoms with van der Waals surface area (Å²) in [5.74, 6) is -1.59. The Morgan fingerprint density at radius 1 is 1.01 bits per heavy atom. The summed E-state index contributed by atoms with van der Waals surface area (Å²) < 4.78 is 42.8. The van der Waals surface area contributed by atoms with E-state index >= 15 is 4.39 Å². The SMILES string of the molecule is C=O.CC(=O)N(CC[C@H]1CCC(C(=O)NC(CCC(N)=O)COc2cccc(CCCOc3ccon3)c2F)N1C=O)CC(C)NC(=O)c1cc2cc(C(=O)P(=O)(O)O)ccc2[nH]1.CC(C)CC(=O)N1CCC(O)C1.CNCc1ccc(-c2scnc2C)cc1. The molecule has 3 aromatic carbocycles. The van der Waals surface area contributed by atoms with Crippen molar-refractivity contribution in [1.82, 2.24) is 45.8 Å². The Bertz CT molecular complexity index is 3360. The first kappa shape index (κ1) is 72.5. The number of halogens is 1. The average molecular weight is 1290 g/mol. The van der Waals surface area contributed by atoms with Crippen LogP contribution in [0.25, 0.3) is 21.3 Å². The highest BCUT2D eigenvalue weighted by Gasteiger charge is 2.38. The first-order valence-electron chi connectivity index (χ1n) is 29.4. The second-order valence-corrected chi connectivity index (χ2v) is 24.5. The number of likely N-dealkylation sites (tertiary alicyclic amines) is 2. The first-order valence-corrected chi connectivity index (χ1v) is 31.9. The van der Waals surface area contributed by atoms with Gasteiger partial charge in [0.25, 0.3) is 17.3 Å². The van der Waals surface area contributed by atoms with Crippen LogP contribution in [0, 0.1) is 18.7 Å². The zero-order valence-corrected chi connectivity index (χ0v) is 53.1. The van der Waals surface area contributed by atoms with Crippen molar-refractivity contribution < 1.29 is 76.2 Å². The molecule has 0 spiro atoms. The minimum absolute atomic E-state index is 0.0408. The Balaban J connectivity index is 0.000000410. The quantitative estimate of drug-likeness (QED) is 0.0157. The largest absolute Gasteiger partial charge is 0.488 e. The molecule has 2 aliphatic heterocycles. The second-order valence-electron chi connectivity index (χ2n) is 22.2. The molecule has 0 bridgehead atoms. The van der Waals surface area contributed by atoms with Crippen molar-refractivity contribution in [2.24, 2.45) is 11.7 Å². The standard InChI is InChI=1S/C40H49FN7O12P.C12H14N2S.C9H17NO2.CH2O/c1-24(43-38(52)32-20-28-19-27(8-11-31(28)45-32)40(54)61(55,56)57)21-47(25(2)50)16-14-30-10-12-33(48(30)23-49)39(53)44-29(9-13-35(42)51)22-59-34-7-3-5-26(37(34)41)6-4-17-58-36-15-18-60-46-36;1-9-12(15-8-14-9)11-5-3-10(4-6-11)7-13-2;1-7(2)5-9(12)10-4-3-8(11)6-10;1-2/h3,5,7-8,11,15,18-20,23-24,29-30,33,45H,4,6,9-10,12-14,16-17,21-22H2,1-2H3,(H2,42,51)(H,43,52)(H,44,53)(H2,55,56,57);3-6,8,13H,7H2,1-2H3;7-8,11H,3-6H2,1-2H3;1H2/t24?,29?,30-,33?;;;/m1.../s1. The van der Waals surface area contributed by atoms with Gasteiger partial charge in [0.2, 0.25) is 30.0 Å². The fraction of sp³-hybridized carbons (Fsp3) is 0.452. The maximum absolute atomic E-state index is 15.4. The van der Waals surface area contributed by atoms with Crippen LogP contribution in [0.4, 0.5) is 4.39 Å². The number of aliphatic hydroxyl groups excluding tert-OH is 1. The van der Waals surface area contributed by atoms with Gasteiger partial charge in [0.1, 0.15) is 31.4 Å². The van der Waals surface area contributed by atoms with Crippen LogP contribution in [0.5, 0.6) is 11.6 Å². The summed E-state index contributed by atoms with van der Waals surface area (Å²) in [4.78, 5) is 126. The number of carbonyl (C=O) groups is 8. The van der Waals surface area contributed by atoms with Gasteiger partial charge in [-0.15, -0.1) is 11.3 Å². The van der Waals surface area contributed by atoms with Crippen LogP contribution in [-0.2, 0) is 46.3 Å². The highest BCUT2D eigenvalue weighted by Crippen LogP contribution is 2.39. The van der Waals surface area contributed by atoms with Crippen molar-refractivity contribution in [2.75, 3.05) is 46.4 Å². The number of fused-ring (bicyclic) bond motifs is 1. The Morgan fingerprint density at radius 2 is 1.76 bits per heavy atom. The maximum atomic E-state index is 15.4. The molecule has 9 N–H and O–H groups in total. The summed E-state index contributed by atoms with van der Waals surface area (Å²) in [5.41, 5.74) is 10.4. The number of hydrogen-bond acceptors (Lipinski definition) is 17. The van der Waals surface area contributed by atoms with E-state index in [9.17, 15) is 53.0 Å². The van der Waals surface area contributed by atoms with Crippen molar-refractivity contribution in [3.8, 4) is 22.1 Å². The van der Waals surface area contributed by atoms with Gasteiger partial charge in [0.05, 0.1) is 34.8 Å². The number of rotatable bonds is 28. The molecule has 4 unspecified atom stereocenters. The van der Waals surface area contributed by atoms with E-state index in [0.717, 1.165) is 25.2 Å². The number of β-amino-alcohol motifs (C(OH)–C–C–N with tert-alkyl or cyclic N) is 1. The molecule has 6 amide bonds. The fourth-order valence-corrected chi connectivity index (χ4v) is 11.4. The minimum Gasteiger partial charge on any atom is -0.488 e. The van der Waals surface area contributed by atoms with Crippen molar-refractivity contribution in [3.05, 3.63) is 118 Å². The molecule has 28 heteroatoms. The molecule has 488 valence electrons. The molecule has 5 atom stereocenters. The summed E-state index contributed by atoms with van der Waals surface area (Å²) >= 11 is 1.70. The number of amides is 6. The Kier molecular flexibility index (Phi) is 28.9. The van der Waals surface area contributed by atoms with Crippen molar-refractivity contribution >= 4 is 78.1 Å². The molecule has 3 aromatic heterocycles. The number of aromatic amines is 1. The zero-order chi connectivity index (χ0) is 66.1. The van der Waals surface area contributed by atoms with E-state index in [1.165, 1.54) is 69.3 Å². The molecule has 0 radical (unpaired) electrons. The van der Waals surface area contributed by atoms with Crippen molar-refractivity contribution in [1.29, 1.82) is 0 Å². The van der Waals surface area contributed by atoms with Crippen LogP contribution in [-0.4, -0.2) is 170 Å². The molecule has 0 aliphatic carbocycles. The van der Waals surface area contributed by atoms with Gasteiger partial charge in [-0.1, -0.05) is 50.2 Å². The number of thiazole rings is 1. The lowest BCUT2D eigenvalue weighted by Crippen LogP contribution is -2.50. The molecule has 6 aromatic rings. The van der Waals surface area contributed by atoms with E-state index in [1.807, 2.05) is 40.1 Å². The average Bonchev–Trinajstić information content (AvgIpc) is 2.00. The molecular weight excluding hydrogens is 1210 g/mol. The number of nitrogens with zero attached hydrogens (tertiary/aromatic N) is 5. The zero-order valence-electron chi connectivity index (χ0n) is 51.4. The monoisotopic (exact) mass is 1290 g/mol. The lowest BCUT2D eigenvalue weighted by molar-refractivity contribution is -0.133. The predicted octanol–water partition coefficient (Wildman–Crippen LogP) is 6.08. The number of primary amides is 1. The first-order chi connectivity index (χ1) is 42.9. The molecule has 5 heterocycles.